The molecule has 20 heavy (non-hydrogen) atoms. The Morgan fingerprint density at radius 2 is 0.700 bits per heavy atom. The van der Waals surface area contributed by atoms with Crippen LogP contribution in [0.25, 0.3) is 0 Å². The first-order valence-electron chi connectivity index (χ1n) is 9.18. The summed E-state index contributed by atoms with van der Waals surface area (Å²) < 4.78 is 10.4. The van der Waals surface area contributed by atoms with Gasteiger partial charge in [0.1, 0.15) is 0 Å². The van der Waals surface area contributed by atoms with Crippen molar-refractivity contribution in [1.82, 2.24) is 0 Å². The zero-order valence-electron chi connectivity index (χ0n) is 13.3. The molecule has 0 bridgehead atoms. The van der Waals surface area contributed by atoms with Gasteiger partial charge in [0, 0.05) is 0 Å². The summed E-state index contributed by atoms with van der Waals surface area (Å²) in [6, 6.07) is 0. The fourth-order valence-electron chi connectivity index (χ4n) is 2.98. The first-order chi connectivity index (χ1) is 9.95. The minimum absolute atomic E-state index is 0.645. The Morgan fingerprint density at radius 1 is 0.450 bits per heavy atom. The smallest absolute Gasteiger partial charge is 0.0810 e. The number of hydrogen-bond donors (Lipinski definition) is 0. The molecule has 0 aromatic carbocycles. The van der Waals surface area contributed by atoms with Crippen LogP contribution in [0.1, 0.15) is 89.9 Å². The van der Waals surface area contributed by atoms with E-state index in [-0.39, 0.29) is 0 Å². The second-order valence-electron chi connectivity index (χ2n) is 6.73. The van der Waals surface area contributed by atoms with E-state index in [2.05, 4.69) is 0 Å². The lowest BCUT2D eigenvalue weighted by Gasteiger charge is -2.03. The van der Waals surface area contributed by atoms with Gasteiger partial charge in [-0.05, 0) is 12.8 Å². The van der Waals surface area contributed by atoms with Gasteiger partial charge in [0.15, 0.2) is 0 Å². The normalized spacial score (nSPS) is 24.0. The average molecular weight is 282 g/mol. The van der Waals surface area contributed by atoms with Crippen LogP contribution in [0.15, 0.2) is 0 Å². The molecule has 2 aliphatic rings. The van der Waals surface area contributed by atoms with Gasteiger partial charge >= 0.3 is 0 Å². The number of rotatable bonds is 15. The molecule has 2 atom stereocenters. The van der Waals surface area contributed by atoms with Gasteiger partial charge in [0.25, 0.3) is 0 Å². The molecule has 2 fully saturated rings. The highest BCUT2D eigenvalue weighted by molar-refractivity contribution is 4.68. The minimum Gasteiger partial charge on any atom is -0.373 e. The van der Waals surface area contributed by atoms with Crippen molar-refractivity contribution < 1.29 is 9.47 Å². The highest BCUT2D eigenvalue weighted by atomic mass is 16.6. The summed E-state index contributed by atoms with van der Waals surface area (Å²) in [6.45, 7) is 2.07. The summed E-state index contributed by atoms with van der Waals surface area (Å²) in [5, 5.41) is 0. The molecule has 2 aliphatic heterocycles. The molecule has 0 N–H and O–H groups in total. The first kappa shape index (κ1) is 16.3. The van der Waals surface area contributed by atoms with Crippen LogP contribution in [0.5, 0.6) is 0 Å². The third-order valence-corrected chi connectivity index (χ3v) is 4.61. The molecule has 0 aromatic heterocycles. The zero-order valence-corrected chi connectivity index (χ0v) is 13.3. The van der Waals surface area contributed by atoms with Gasteiger partial charge in [-0.15, -0.1) is 0 Å². The maximum absolute atomic E-state index is 5.22. The lowest BCUT2D eigenvalue weighted by Crippen LogP contribution is -1.87. The van der Waals surface area contributed by atoms with Crippen molar-refractivity contribution in [2.24, 2.45) is 0 Å². The van der Waals surface area contributed by atoms with E-state index in [0.717, 1.165) is 13.2 Å². The van der Waals surface area contributed by atoms with Gasteiger partial charge in [-0.3, -0.25) is 0 Å². The monoisotopic (exact) mass is 282 g/mol. The van der Waals surface area contributed by atoms with Crippen LogP contribution in [0.3, 0.4) is 0 Å². The average Bonchev–Trinajstić information content (AvgIpc) is 3.34. The van der Waals surface area contributed by atoms with E-state index in [4.69, 9.17) is 9.47 Å². The second kappa shape index (κ2) is 10.6. The molecule has 118 valence electrons. The quantitative estimate of drug-likeness (QED) is 0.303. The molecule has 2 heteroatoms. The van der Waals surface area contributed by atoms with Crippen LogP contribution < -0.4 is 0 Å². The first-order valence-corrected chi connectivity index (χ1v) is 9.18. The van der Waals surface area contributed by atoms with Gasteiger partial charge in [0.05, 0.1) is 25.4 Å². The van der Waals surface area contributed by atoms with Crippen molar-refractivity contribution >= 4 is 0 Å². The van der Waals surface area contributed by atoms with Gasteiger partial charge in [-0.1, -0.05) is 77.0 Å². The van der Waals surface area contributed by atoms with Crippen LogP contribution >= 0.6 is 0 Å². The zero-order chi connectivity index (χ0) is 13.9. The van der Waals surface area contributed by atoms with Gasteiger partial charge < -0.3 is 9.47 Å². The molecule has 2 heterocycles. The molecule has 0 radical (unpaired) electrons. The largest absolute Gasteiger partial charge is 0.373 e. The van der Waals surface area contributed by atoms with E-state index in [1.54, 1.807) is 0 Å². The molecule has 0 aliphatic carbocycles. The Balaban J connectivity index is 1.17. The number of ether oxygens (including phenoxy) is 2. The SMILES string of the molecule is C(CCCCCCCC1CO1)CCCCCCC1CO1. The van der Waals surface area contributed by atoms with Crippen LogP contribution in [-0.2, 0) is 9.47 Å². The number of unbranched alkanes of at least 4 members (excludes halogenated alkanes) is 11. The minimum atomic E-state index is 0.645. The predicted octanol–water partition coefficient (Wildman–Crippen LogP) is 5.25. The van der Waals surface area contributed by atoms with Crippen molar-refractivity contribution in [3.05, 3.63) is 0 Å². The third-order valence-electron chi connectivity index (χ3n) is 4.61. The summed E-state index contributed by atoms with van der Waals surface area (Å²) in [5.41, 5.74) is 0. The highest BCUT2D eigenvalue weighted by Gasteiger charge is 2.21. The summed E-state index contributed by atoms with van der Waals surface area (Å²) in [5.74, 6) is 0. The molecule has 2 nitrogen and oxygen atoms in total. The van der Waals surface area contributed by atoms with Crippen LogP contribution in [0, 0.1) is 0 Å². The summed E-state index contributed by atoms with van der Waals surface area (Å²) in [6.07, 6.45) is 21.1. The fourth-order valence-corrected chi connectivity index (χ4v) is 2.98. The van der Waals surface area contributed by atoms with E-state index in [1.165, 1.54) is 89.9 Å². The lowest BCUT2D eigenvalue weighted by molar-refractivity contribution is 0.386. The molecule has 0 spiro atoms. The Bertz CT molecular complexity index is 197. The van der Waals surface area contributed by atoms with E-state index < -0.39 is 0 Å². The molecular weight excluding hydrogens is 248 g/mol. The van der Waals surface area contributed by atoms with E-state index in [0.29, 0.717) is 12.2 Å². The number of hydrogen-bond acceptors (Lipinski definition) is 2. The Kier molecular flexibility index (Phi) is 8.65. The lowest BCUT2D eigenvalue weighted by atomic mass is 10.0. The topological polar surface area (TPSA) is 25.1 Å². The molecule has 0 saturated carbocycles. The molecular formula is C18H34O2. The molecule has 2 unspecified atom stereocenters. The Morgan fingerprint density at radius 3 is 0.950 bits per heavy atom. The molecule has 2 rings (SSSR count). The van der Waals surface area contributed by atoms with Crippen LogP contribution in [-0.4, -0.2) is 25.4 Å². The third kappa shape index (κ3) is 9.77. The molecule has 0 amide bonds. The summed E-state index contributed by atoms with van der Waals surface area (Å²) in [4.78, 5) is 0. The predicted molar refractivity (Wildman–Crippen MR) is 84.1 cm³/mol. The maximum atomic E-state index is 5.22. The summed E-state index contributed by atoms with van der Waals surface area (Å²) in [7, 11) is 0. The number of epoxide rings is 2. The van der Waals surface area contributed by atoms with Crippen LogP contribution in [0.2, 0.25) is 0 Å². The fraction of sp³-hybridized carbons (Fsp3) is 1.00. The van der Waals surface area contributed by atoms with E-state index in [9.17, 15) is 0 Å². The van der Waals surface area contributed by atoms with E-state index in [1.807, 2.05) is 0 Å². The van der Waals surface area contributed by atoms with Crippen molar-refractivity contribution in [2.45, 2.75) is 102 Å². The van der Waals surface area contributed by atoms with Crippen LogP contribution in [0.4, 0.5) is 0 Å². The van der Waals surface area contributed by atoms with Gasteiger partial charge in [-0.25, -0.2) is 0 Å². The van der Waals surface area contributed by atoms with Crippen molar-refractivity contribution in [1.29, 1.82) is 0 Å². The maximum Gasteiger partial charge on any atom is 0.0810 e. The highest BCUT2D eigenvalue weighted by Crippen LogP contribution is 2.19. The Hall–Kier alpha value is -0.0800. The van der Waals surface area contributed by atoms with Crippen molar-refractivity contribution in [3.63, 3.8) is 0 Å². The Labute approximate surface area is 125 Å². The van der Waals surface area contributed by atoms with Crippen molar-refractivity contribution in [2.75, 3.05) is 13.2 Å². The molecule has 2 saturated heterocycles. The standard InChI is InChI=1S/C18H34O2/c1(3-5-7-9-11-13-17-15-19-17)2-4-6-8-10-12-14-18-16-20-18/h17-18H,1-16H2. The van der Waals surface area contributed by atoms with Gasteiger partial charge in [0.2, 0.25) is 0 Å². The van der Waals surface area contributed by atoms with Crippen molar-refractivity contribution in [3.8, 4) is 0 Å². The molecule has 0 aromatic rings. The van der Waals surface area contributed by atoms with E-state index >= 15 is 0 Å². The second-order valence-corrected chi connectivity index (χ2v) is 6.73. The van der Waals surface area contributed by atoms with Gasteiger partial charge in [-0.2, -0.15) is 0 Å². The summed E-state index contributed by atoms with van der Waals surface area (Å²) >= 11 is 0.